The number of furan rings is 1. The van der Waals surface area contributed by atoms with Gasteiger partial charge in [-0.15, -0.1) is 0 Å². The van der Waals surface area contributed by atoms with Crippen LogP contribution >= 0.6 is 23.2 Å². The lowest BCUT2D eigenvalue weighted by molar-refractivity contribution is -0.129. The first-order valence-corrected chi connectivity index (χ1v) is 8.80. The molecule has 0 aliphatic carbocycles. The molecule has 0 spiro atoms. The highest BCUT2D eigenvalue weighted by Gasteiger charge is 2.12. The van der Waals surface area contributed by atoms with E-state index in [0.717, 1.165) is 22.1 Å². The van der Waals surface area contributed by atoms with Crippen LogP contribution in [0.1, 0.15) is 11.1 Å². The van der Waals surface area contributed by atoms with Gasteiger partial charge in [0, 0.05) is 16.0 Å². The van der Waals surface area contributed by atoms with Crippen molar-refractivity contribution in [3.8, 4) is 5.75 Å². The lowest BCUT2D eigenvalue weighted by Gasteiger charge is -2.09. The number of hydrazine groups is 1. The smallest absolute Gasteiger partial charge is 0.276 e. The Morgan fingerprint density at radius 1 is 1.07 bits per heavy atom. The van der Waals surface area contributed by atoms with Gasteiger partial charge in [0.25, 0.3) is 5.91 Å². The van der Waals surface area contributed by atoms with Gasteiger partial charge in [-0.25, -0.2) is 0 Å². The van der Waals surface area contributed by atoms with E-state index in [-0.39, 0.29) is 18.9 Å². The molecule has 0 aliphatic rings. The van der Waals surface area contributed by atoms with E-state index in [4.69, 9.17) is 32.4 Å². The maximum Gasteiger partial charge on any atom is 0.276 e. The molecule has 0 aliphatic heterocycles. The lowest BCUT2D eigenvalue weighted by atomic mass is 10.1. The number of benzene rings is 2. The van der Waals surface area contributed by atoms with Crippen molar-refractivity contribution in [3.63, 3.8) is 0 Å². The zero-order valence-electron chi connectivity index (χ0n) is 14.3. The van der Waals surface area contributed by atoms with E-state index < -0.39 is 5.91 Å². The molecule has 3 rings (SSSR count). The normalized spacial score (nSPS) is 10.6. The van der Waals surface area contributed by atoms with Crippen LogP contribution in [-0.2, 0) is 16.0 Å². The van der Waals surface area contributed by atoms with Crippen molar-refractivity contribution in [2.75, 3.05) is 6.61 Å². The van der Waals surface area contributed by atoms with Crippen molar-refractivity contribution in [2.24, 2.45) is 0 Å². The minimum absolute atomic E-state index is 0.0697. The molecule has 0 saturated heterocycles. The molecule has 2 amide bonds. The Bertz CT molecular complexity index is 1000. The van der Waals surface area contributed by atoms with Gasteiger partial charge in [-0.2, -0.15) is 0 Å². The number of aryl methyl sites for hydroxylation is 1. The average molecular weight is 407 g/mol. The number of rotatable bonds is 5. The van der Waals surface area contributed by atoms with E-state index in [2.05, 4.69) is 10.9 Å². The van der Waals surface area contributed by atoms with Gasteiger partial charge in [-0.1, -0.05) is 35.3 Å². The number of halogens is 2. The minimum Gasteiger partial charge on any atom is -0.482 e. The summed E-state index contributed by atoms with van der Waals surface area (Å²) in [7, 11) is 0. The Balaban J connectivity index is 1.49. The van der Waals surface area contributed by atoms with Crippen molar-refractivity contribution < 1.29 is 18.7 Å². The summed E-state index contributed by atoms with van der Waals surface area (Å²) >= 11 is 11.8. The number of hydrogen-bond acceptors (Lipinski definition) is 4. The van der Waals surface area contributed by atoms with Crippen LogP contribution in [0.15, 0.2) is 47.1 Å². The summed E-state index contributed by atoms with van der Waals surface area (Å²) in [5.41, 5.74) is 7.16. The highest BCUT2D eigenvalue weighted by molar-refractivity contribution is 6.35. The highest BCUT2D eigenvalue weighted by Crippen LogP contribution is 2.27. The Labute approximate surface area is 165 Å². The maximum absolute atomic E-state index is 12.0. The molecule has 0 radical (unpaired) electrons. The van der Waals surface area contributed by atoms with Gasteiger partial charge in [0.15, 0.2) is 6.61 Å². The summed E-state index contributed by atoms with van der Waals surface area (Å²) in [6.45, 7) is 1.65. The van der Waals surface area contributed by atoms with Crippen LogP contribution in [0.3, 0.4) is 0 Å². The summed E-state index contributed by atoms with van der Waals surface area (Å²) in [6.07, 6.45) is 1.61. The fourth-order valence-electron chi connectivity index (χ4n) is 2.46. The molecule has 27 heavy (non-hydrogen) atoms. The van der Waals surface area contributed by atoms with Crippen LogP contribution in [0.2, 0.25) is 10.0 Å². The number of ether oxygens (including phenoxy) is 1. The summed E-state index contributed by atoms with van der Waals surface area (Å²) in [5.74, 6) is -0.583. The van der Waals surface area contributed by atoms with Crippen molar-refractivity contribution in [2.45, 2.75) is 13.3 Å². The minimum atomic E-state index is -0.526. The SMILES string of the molecule is Cc1ccc2c(CC(=O)NNC(=O)COc3ccc(Cl)cc3Cl)coc2c1. The van der Waals surface area contributed by atoms with E-state index in [9.17, 15) is 9.59 Å². The number of carbonyl (C=O) groups excluding carboxylic acids is 2. The summed E-state index contributed by atoms with van der Waals surface area (Å²) in [4.78, 5) is 23.9. The van der Waals surface area contributed by atoms with E-state index in [1.165, 1.54) is 12.3 Å². The van der Waals surface area contributed by atoms with Crippen LogP contribution in [0.5, 0.6) is 5.75 Å². The van der Waals surface area contributed by atoms with Crippen molar-refractivity contribution in [1.29, 1.82) is 0 Å². The predicted octanol–water partition coefficient (Wildman–Crippen LogP) is 3.82. The number of carbonyl (C=O) groups is 2. The molecule has 0 unspecified atom stereocenters. The molecule has 6 nitrogen and oxygen atoms in total. The largest absolute Gasteiger partial charge is 0.482 e. The van der Waals surface area contributed by atoms with Crippen molar-refractivity contribution in [1.82, 2.24) is 10.9 Å². The zero-order chi connectivity index (χ0) is 19.4. The lowest BCUT2D eigenvalue weighted by Crippen LogP contribution is -2.44. The van der Waals surface area contributed by atoms with Gasteiger partial charge in [-0.3, -0.25) is 20.4 Å². The van der Waals surface area contributed by atoms with Gasteiger partial charge < -0.3 is 9.15 Å². The molecular weight excluding hydrogens is 391 g/mol. The van der Waals surface area contributed by atoms with Crippen LogP contribution in [0.25, 0.3) is 11.0 Å². The first kappa shape index (κ1) is 19.1. The molecule has 1 heterocycles. The molecule has 0 atom stereocenters. The van der Waals surface area contributed by atoms with E-state index >= 15 is 0 Å². The van der Waals surface area contributed by atoms with Gasteiger partial charge in [0.05, 0.1) is 17.7 Å². The number of amides is 2. The maximum atomic E-state index is 12.0. The fourth-order valence-corrected chi connectivity index (χ4v) is 2.92. The summed E-state index contributed by atoms with van der Waals surface area (Å²) < 4.78 is 10.7. The Morgan fingerprint density at radius 3 is 2.63 bits per heavy atom. The van der Waals surface area contributed by atoms with Crippen LogP contribution < -0.4 is 15.6 Å². The average Bonchev–Trinajstić information content (AvgIpc) is 3.01. The van der Waals surface area contributed by atoms with Gasteiger partial charge in [-0.05, 0) is 36.8 Å². The van der Waals surface area contributed by atoms with Crippen molar-refractivity contribution >= 4 is 46.0 Å². The Morgan fingerprint density at radius 2 is 1.85 bits per heavy atom. The summed E-state index contributed by atoms with van der Waals surface area (Å²) in [5, 5.41) is 1.62. The quantitative estimate of drug-likeness (QED) is 0.631. The molecule has 2 N–H and O–H groups in total. The number of nitrogens with one attached hydrogen (secondary N) is 2. The second-order valence-electron chi connectivity index (χ2n) is 5.90. The van der Waals surface area contributed by atoms with E-state index in [1.807, 2.05) is 25.1 Å². The summed E-state index contributed by atoms with van der Waals surface area (Å²) in [6, 6.07) is 10.4. The Kier molecular flexibility index (Phi) is 5.88. The molecule has 8 heteroatoms. The van der Waals surface area contributed by atoms with Crippen LogP contribution in [-0.4, -0.2) is 18.4 Å². The number of fused-ring (bicyclic) bond motifs is 1. The second kappa shape index (κ2) is 8.33. The van der Waals surface area contributed by atoms with Crippen molar-refractivity contribution in [3.05, 3.63) is 63.8 Å². The third-order valence-electron chi connectivity index (χ3n) is 3.76. The molecule has 2 aromatic carbocycles. The Hall–Kier alpha value is -2.70. The molecule has 3 aromatic rings. The standard InChI is InChI=1S/C19H16Cl2N2O4/c1-11-2-4-14-12(9-26-17(14)6-11)7-18(24)22-23-19(25)10-27-16-5-3-13(20)8-15(16)21/h2-6,8-9H,7,10H2,1H3,(H,22,24)(H,23,25). The fraction of sp³-hybridized carbons (Fsp3) is 0.158. The third kappa shape index (κ3) is 4.93. The van der Waals surface area contributed by atoms with Gasteiger partial charge >= 0.3 is 0 Å². The van der Waals surface area contributed by atoms with Gasteiger partial charge in [0.2, 0.25) is 5.91 Å². The van der Waals surface area contributed by atoms with Crippen LogP contribution in [0, 0.1) is 6.92 Å². The van der Waals surface area contributed by atoms with Crippen LogP contribution in [0.4, 0.5) is 0 Å². The number of hydrogen-bond donors (Lipinski definition) is 2. The zero-order valence-corrected chi connectivity index (χ0v) is 15.9. The highest BCUT2D eigenvalue weighted by atomic mass is 35.5. The van der Waals surface area contributed by atoms with E-state index in [1.54, 1.807) is 12.1 Å². The predicted molar refractivity (Wildman–Crippen MR) is 103 cm³/mol. The molecule has 0 bridgehead atoms. The monoisotopic (exact) mass is 406 g/mol. The molecule has 0 fully saturated rings. The van der Waals surface area contributed by atoms with E-state index in [0.29, 0.717) is 15.8 Å². The molecule has 1 aromatic heterocycles. The third-order valence-corrected chi connectivity index (χ3v) is 4.29. The topological polar surface area (TPSA) is 80.6 Å². The first-order valence-electron chi connectivity index (χ1n) is 8.04. The molecule has 0 saturated carbocycles. The second-order valence-corrected chi connectivity index (χ2v) is 6.74. The molecule has 140 valence electrons. The molecular formula is C19H16Cl2N2O4. The first-order chi connectivity index (χ1) is 12.9. The van der Waals surface area contributed by atoms with Gasteiger partial charge in [0.1, 0.15) is 11.3 Å².